The Kier molecular flexibility index (Phi) is 6.36. The molecule has 2 aliphatic rings. The van der Waals surface area contributed by atoms with E-state index in [9.17, 15) is 14.4 Å². The summed E-state index contributed by atoms with van der Waals surface area (Å²) in [6, 6.07) is 20.6. The van der Waals surface area contributed by atoms with Gasteiger partial charge in [0.25, 0.3) is 5.91 Å². The SMILES string of the molecule is CCN1CCN(c2ccccc2NC(=O)CN2C(=O)NC(C)(c3ccc4ccccc4c3)C2=O)CC1. The van der Waals surface area contributed by atoms with E-state index in [4.69, 9.17) is 0 Å². The molecule has 2 N–H and O–H groups in total. The highest BCUT2D eigenvalue weighted by Gasteiger charge is 2.49. The zero-order chi connectivity index (χ0) is 25.3. The van der Waals surface area contributed by atoms with E-state index in [0.717, 1.165) is 54.1 Å². The second-order valence-corrected chi connectivity index (χ2v) is 9.50. The Morgan fingerprint density at radius 2 is 1.64 bits per heavy atom. The third-order valence-electron chi connectivity index (χ3n) is 7.24. The number of benzene rings is 3. The summed E-state index contributed by atoms with van der Waals surface area (Å²) in [5, 5.41) is 7.75. The van der Waals surface area contributed by atoms with Crippen LogP contribution in [0.15, 0.2) is 66.7 Å². The number of rotatable bonds is 6. The lowest BCUT2D eigenvalue weighted by atomic mass is 9.90. The number of likely N-dealkylation sites (N-methyl/N-ethyl adjacent to an activating group) is 1. The molecule has 8 nitrogen and oxygen atoms in total. The summed E-state index contributed by atoms with van der Waals surface area (Å²) < 4.78 is 0. The van der Waals surface area contributed by atoms with Crippen molar-refractivity contribution in [2.45, 2.75) is 19.4 Å². The van der Waals surface area contributed by atoms with E-state index in [0.29, 0.717) is 11.3 Å². The van der Waals surface area contributed by atoms with Crippen molar-refractivity contribution >= 4 is 40.0 Å². The van der Waals surface area contributed by atoms with Crippen molar-refractivity contribution in [3.8, 4) is 0 Å². The van der Waals surface area contributed by atoms with Crippen LogP contribution in [0.3, 0.4) is 0 Å². The predicted molar refractivity (Wildman–Crippen MR) is 141 cm³/mol. The third-order valence-corrected chi connectivity index (χ3v) is 7.24. The summed E-state index contributed by atoms with van der Waals surface area (Å²) in [6.07, 6.45) is 0. The molecular weight excluding hydrogens is 454 g/mol. The highest BCUT2D eigenvalue weighted by molar-refractivity contribution is 6.10. The van der Waals surface area contributed by atoms with Crippen molar-refractivity contribution in [2.75, 3.05) is 49.5 Å². The minimum absolute atomic E-state index is 0.355. The number of imide groups is 1. The molecule has 1 unspecified atom stereocenters. The van der Waals surface area contributed by atoms with Crippen LogP contribution in [0.1, 0.15) is 19.4 Å². The Morgan fingerprint density at radius 3 is 2.39 bits per heavy atom. The monoisotopic (exact) mass is 485 g/mol. The van der Waals surface area contributed by atoms with Gasteiger partial charge in [0.2, 0.25) is 5.91 Å². The quantitative estimate of drug-likeness (QED) is 0.523. The van der Waals surface area contributed by atoms with Crippen LogP contribution in [0, 0.1) is 0 Å². The molecule has 2 fully saturated rings. The molecular formula is C28H31N5O3. The Morgan fingerprint density at radius 1 is 0.944 bits per heavy atom. The molecule has 2 aliphatic heterocycles. The largest absolute Gasteiger partial charge is 0.367 e. The Hall–Kier alpha value is -3.91. The molecule has 8 heteroatoms. The molecule has 0 radical (unpaired) electrons. The van der Waals surface area contributed by atoms with Crippen molar-refractivity contribution in [2.24, 2.45) is 0 Å². The Balaban J connectivity index is 1.30. The molecule has 0 spiro atoms. The van der Waals surface area contributed by atoms with Crippen LogP contribution in [0.4, 0.5) is 16.2 Å². The fourth-order valence-corrected chi connectivity index (χ4v) is 5.03. The number of anilines is 2. The first-order valence-electron chi connectivity index (χ1n) is 12.4. The first-order chi connectivity index (χ1) is 17.4. The summed E-state index contributed by atoms with van der Waals surface area (Å²) in [4.78, 5) is 44.8. The van der Waals surface area contributed by atoms with Gasteiger partial charge >= 0.3 is 6.03 Å². The van der Waals surface area contributed by atoms with Crippen molar-refractivity contribution in [3.05, 3.63) is 72.3 Å². The number of carbonyl (C=O) groups is 3. The molecule has 1 atom stereocenters. The van der Waals surface area contributed by atoms with E-state index in [-0.39, 0.29) is 6.54 Å². The fourth-order valence-electron chi connectivity index (χ4n) is 5.03. The van der Waals surface area contributed by atoms with Crippen LogP contribution in [0.5, 0.6) is 0 Å². The number of amides is 4. The molecule has 3 aromatic carbocycles. The van der Waals surface area contributed by atoms with Crippen molar-refractivity contribution in [3.63, 3.8) is 0 Å². The fraction of sp³-hybridized carbons (Fsp3) is 0.321. The van der Waals surface area contributed by atoms with Gasteiger partial charge in [-0.2, -0.15) is 0 Å². The van der Waals surface area contributed by atoms with Gasteiger partial charge in [0.05, 0.1) is 11.4 Å². The third kappa shape index (κ3) is 4.40. The van der Waals surface area contributed by atoms with E-state index in [2.05, 4.69) is 27.4 Å². The van der Waals surface area contributed by atoms with Crippen LogP contribution in [-0.4, -0.2) is 66.9 Å². The smallest absolute Gasteiger partial charge is 0.325 e. The molecule has 0 saturated carbocycles. The second-order valence-electron chi connectivity index (χ2n) is 9.50. The molecule has 3 aromatic rings. The number of hydrogen-bond donors (Lipinski definition) is 2. The van der Waals surface area contributed by atoms with Crippen LogP contribution >= 0.6 is 0 Å². The van der Waals surface area contributed by atoms with Crippen LogP contribution in [0.2, 0.25) is 0 Å². The summed E-state index contributed by atoms with van der Waals surface area (Å²) in [5.41, 5.74) is 1.06. The number of nitrogens with zero attached hydrogens (tertiary/aromatic N) is 3. The van der Waals surface area contributed by atoms with E-state index >= 15 is 0 Å². The van der Waals surface area contributed by atoms with Gasteiger partial charge in [-0.05, 0) is 48.0 Å². The van der Waals surface area contributed by atoms with E-state index < -0.39 is 23.4 Å². The standard InChI is InChI=1S/C28H31N5O3/c1-3-31-14-16-32(17-15-31)24-11-7-6-10-23(24)29-25(34)19-33-26(35)28(2,30-27(33)36)22-13-12-20-8-4-5-9-21(20)18-22/h4-13,18H,3,14-17,19H2,1-2H3,(H,29,34)(H,30,36). The molecule has 186 valence electrons. The summed E-state index contributed by atoms with van der Waals surface area (Å²) in [6.45, 7) is 8.19. The number of nitrogens with one attached hydrogen (secondary N) is 2. The second kappa shape index (κ2) is 9.62. The highest BCUT2D eigenvalue weighted by Crippen LogP contribution is 2.31. The lowest BCUT2D eigenvalue weighted by Crippen LogP contribution is -2.46. The van der Waals surface area contributed by atoms with Gasteiger partial charge in [-0.3, -0.25) is 14.5 Å². The predicted octanol–water partition coefficient (Wildman–Crippen LogP) is 3.39. The van der Waals surface area contributed by atoms with Gasteiger partial charge in [0.1, 0.15) is 12.1 Å². The molecule has 2 saturated heterocycles. The zero-order valence-electron chi connectivity index (χ0n) is 20.7. The average Bonchev–Trinajstić information content (AvgIpc) is 3.12. The number of para-hydroxylation sites is 2. The maximum atomic E-state index is 13.4. The van der Waals surface area contributed by atoms with Gasteiger partial charge in [0.15, 0.2) is 0 Å². The lowest BCUT2D eigenvalue weighted by Gasteiger charge is -2.36. The Bertz CT molecular complexity index is 1320. The van der Waals surface area contributed by atoms with E-state index in [1.54, 1.807) is 6.92 Å². The Labute approximate surface area is 210 Å². The number of urea groups is 1. The zero-order valence-corrected chi connectivity index (χ0v) is 20.7. The number of carbonyl (C=O) groups excluding carboxylic acids is 3. The lowest BCUT2D eigenvalue weighted by molar-refractivity contribution is -0.133. The van der Waals surface area contributed by atoms with E-state index in [1.807, 2.05) is 66.7 Å². The van der Waals surface area contributed by atoms with Crippen molar-refractivity contribution < 1.29 is 14.4 Å². The molecule has 0 aliphatic carbocycles. The summed E-state index contributed by atoms with van der Waals surface area (Å²) in [5.74, 6) is -0.859. The summed E-state index contributed by atoms with van der Waals surface area (Å²) >= 11 is 0. The molecule has 36 heavy (non-hydrogen) atoms. The first kappa shape index (κ1) is 23.8. The highest BCUT2D eigenvalue weighted by atomic mass is 16.2. The molecule has 4 amide bonds. The van der Waals surface area contributed by atoms with Crippen LogP contribution in [-0.2, 0) is 15.1 Å². The van der Waals surface area contributed by atoms with Gasteiger partial charge < -0.3 is 20.4 Å². The van der Waals surface area contributed by atoms with Crippen LogP contribution < -0.4 is 15.5 Å². The average molecular weight is 486 g/mol. The number of fused-ring (bicyclic) bond motifs is 1. The minimum atomic E-state index is -1.24. The topological polar surface area (TPSA) is 85.0 Å². The van der Waals surface area contributed by atoms with Gasteiger partial charge in [0, 0.05) is 26.2 Å². The first-order valence-corrected chi connectivity index (χ1v) is 12.4. The normalized spacial score (nSPS) is 20.6. The van der Waals surface area contributed by atoms with Crippen molar-refractivity contribution in [1.29, 1.82) is 0 Å². The molecule has 0 aromatic heterocycles. The minimum Gasteiger partial charge on any atom is -0.367 e. The van der Waals surface area contributed by atoms with Crippen LogP contribution in [0.25, 0.3) is 10.8 Å². The number of piperazine rings is 1. The molecule has 2 heterocycles. The maximum absolute atomic E-state index is 13.4. The molecule has 5 rings (SSSR count). The van der Waals surface area contributed by atoms with Gasteiger partial charge in [-0.1, -0.05) is 55.5 Å². The summed E-state index contributed by atoms with van der Waals surface area (Å²) in [7, 11) is 0. The van der Waals surface area contributed by atoms with Gasteiger partial charge in [-0.25, -0.2) is 4.79 Å². The van der Waals surface area contributed by atoms with Gasteiger partial charge in [-0.15, -0.1) is 0 Å². The van der Waals surface area contributed by atoms with Crippen molar-refractivity contribution in [1.82, 2.24) is 15.1 Å². The maximum Gasteiger partial charge on any atom is 0.325 e. The number of hydrogen-bond acceptors (Lipinski definition) is 5. The van der Waals surface area contributed by atoms with E-state index in [1.165, 1.54) is 0 Å². The molecule has 0 bridgehead atoms.